The van der Waals surface area contributed by atoms with Gasteiger partial charge in [-0.1, -0.05) is 37.4 Å². The molecule has 0 radical (unpaired) electrons. The average molecular weight is 545 g/mol. The van der Waals surface area contributed by atoms with Crippen molar-refractivity contribution < 1.29 is 4.79 Å². The Hall–Kier alpha value is -4.33. The quantitative estimate of drug-likeness (QED) is 0.372. The van der Waals surface area contributed by atoms with Crippen LogP contribution in [0.25, 0.3) is 0 Å². The third kappa shape index (κ3) is 4.61. The zero-order chi connectivity index (χ0) is 28.8. The van der Waals surface area contributed by atoms with Gasteiger partial charge in [-0.25, -0.2) is 0 Å². The van der Waals surface area contributed by atoms with Crippen LogP contribution in [0.3, 0.4) is 0 Å². The molecule has 208 valence electrons. The summed E-state index contributed by atoms with van der Waals surface area (Å²) in [5, 5.41) is 19.0. The van der Waals surface area contributed by atoms with Gasteiger partial charge in [-0.3, -0.25) is 9.69 Å². The Labute approximate surface area is 242 Å². The van der Waals surface area contributed by atoms with E-state index in [2.05, 4.69) is 70.0 Å². The molecule has 6 aliphatic heterocycles. The molecule has 7 heteroatoms. The van der Waals surface area contributed by atoms with Crippen molar-refractivity contribution in [2.24, 2.45) is 0 Å². The van der Waals surface area contributed by atoms with Crippen molar-refractivity contribution in [3.05, 3.63) is 101 Å². The maximum atomic E-state index is 13.9. The highest BCUT2D eigenvalue weighted by Gasteiger charge is 2.48. The van der Waals surface area contributed by atoms with Gasteiger partial charge in [0.15, 0.2) is 0 Å². The number of nitrogens with zero attached hydrogens (tertiary/aromatic N) is 6. The van der Waals surface area contributed by atoms with Gasteiger partial charge in [-0.05, 0) is 67.7 Å². The Morgan fingerprint density at radius 2 is 1.68 bits per heavy atom. The minimum Gasteiger partial charge on any atom is -0.367 e. The summed E-state index contributed by atoms with van der Waals surface area (Å²) in [5.74, 6) is 0.112. The molecule has 6 aliphatic rings. The van der Waals surface area contributed by atoms with Crippen molar-refractivity contribution in [2.45, 2.75) is 57.4 Å². The Morgan fingerprint density at radius 1 is 1.00 bits per heavy atom. The summed E-state index contributed by atoms with van der Waals surface area (Å²) < 4.78 is 0. The first-order valence-electron chi connectivity index (χ1n) is 14.4. The van der Waals surface area contributed by atoms with Gasteiger partial charge >= 0.3 is 0 Å². The predicted molar refractivity (Wildman–Crippen MR) is 160 cm³/mol. The van der Waals surface area contributed by atoms with E-state index in [1.165, 1.54) is 17.5 Å². The number of amides is 1. The lowest BCUT2D eigenvalue weighted by molar-refractivity contribution is -0.0366. The van der Waals surface area contributed by atoms with E-state index < -0.39 is 0 Å². The largest absolute Gasteiger partial charge is 0.367 e. The number of carbonyl (C=O) groups is 1. The number of allylic oxidation sites excluding steroid dienone is 3. The number of piperazine rings is 2. The van der Waals surface area contributed by atoms with Crippen LogP contribution < -0.4 is 4.90 Å². The van der Waals surface area contributed by atoms with E-state index in [1.54, 1.807) is 6.08 Å². The fourth-order valence-electron chi connectivity index (χ4n) is 7.32. The number of hydrogen-bond donors (Lipinski definition) is 0. The predicted octanol–water partition coefficient (Wildman–Crippen LogP) is 4.69. The zero-order valence-corrected chi connectivity index (χ0v) is 23.9. The normalized spacial score (nSPS) is 25.0. The molecule has 0 saturated carbocycles. The molecule has 0 aromatic heterocycles. The Balaban J connectivity index is 1.15. The molecular weight excluding hydrogens is 508 g/mol. The molecule has 7 nitrogen and oxygen atoms in total. The number of carbonyl (C=O) groups excluding carboxylic acids is 1. The van der Waals surface area contributed by atoms with Crippen LogP contribution in [0, 0.1) is 36.5 Å². The van der Waals surface area contributed by atoms with Crippen molar-refractivity contribution >= 4 is 11.6 Å². The van der Waals surface area contributed by atoms with Crippen LogP contribution in [0.5, 0.6) is 0 Å². The lowest BCUT2D eigenvalue weighted by Crippen LogP contribution is -2.69. The van der Waals surface area contributed by atoms with E-state index >= 15 is 0 Å². The lowest BCUT2D eigenvalue weighted by atomic mass is 9.84. The van der Waals surface area contributed by atoms with E-state index in [-0.39, 0.29) is 18.0 Å². The molecular formula is C34H36N6O. The van der Waals surface area contributed by atoms with Crippen LogP contribution >= 0.6 is 0 Å². The van der Waals surface area contributed by atoms with E-state index in [0.29, 0.717) is 30.7 Å². The smallest absolute Gasteiger partial charge is 0.254 e. The SMILES string of the molecule is C=C/C=C(\C(=C)C#N)N1CC2CC(C1)N2C(=O)c1cc(CN2C3CC2CN(c2ccccc2C#N)C3)c(C)cc1C. The highest BCUT2D eigenvalue weighted by molar-refractivity contribution is 5.97. The van der Waals surface area contributed by atoms with E-state index in [4.69, 9.17) is 0 Å². The molecule has 2 aromatic carbocycles. The summed E-state index contributed by atoms with van der Waals surface area (Å²) in [6.45, 7) is 15.9. The van der Waals surface area contributed by atoms with Crippen molar-refractivity contribution in [1.29, 1.82) is 10.5 Å². The monoisotopic (exact) mass is 544 g/mol. The van der Waals surface area contributed by atoms with Gasteiger partial charge in [0, 0.05) is 50.4 Å². The number of rotatable bonds is 7. The second-order valence-corrected chi connectivity index (χ2v) is 11.9. The first-order valence-corrected chi connectivity index (χ1v) is 14.4. The van der Waals surface area contributed by atoms with E-state index in [1.807, 2.05) is 31.2 Å². The van der Waals surface area contributed by atoms with Crippen LogP contribution in [0.2, 0.25) is 0 Å². The molecule has 41 heavy (non-hydrogen) atoms. The number of anilines is 1. The van der Waals surface area contributed by atoms with Gasteiger partial charge < -0.3 is 14.7 Å². The van der Waals surface area contributed by atoms with Crippen molar-refractivity contribution in [3.63, 3.8) is 0 Å². The van der Waals surface area contributed by atoms with E-state index in [9.17, 15) is 15.3 Å². The highest BCUT2D eigenvalue weighted by Crippen LogP contribution is 2.39. The second-order valence-electron chi connectivity index (χ2n) is 11.9. The number of para-hydroxylation sites is 1. The molecule has 2 aromatic rings. The molecule has 8 rings (SSSR count). The molecule has 4 atom stereocenters. The van der Waals surface area contributed by atoms with Crippen LogP contribution in [0.15, 0.2) is 73.0 Å². The van der Waals surface area contributed by atoms with Crippen molar-refractivity contribution in [2.75, 3.05) is 31.1 Å². The molecule has 0 aliphatic carbocycles. The highest BCUT2D eigenvalue weighted by atomic mass is 16.2. The first kappa shape index (κ1) is 26.9. The minimum absolute atomic E-state index is 0.112. The van der Waals surface area contributed by atoms with Crippen LogP contribution in [-0.4, -0.2) is 71.0 Å². The topological polar surface area (TPSA) is 77.6 Å². The van der Waals surface area contributed by atoms with Crippen LogP contribution in [0.1, 0.15) is 45.5 Å². The number of hydrogen-bond acceptors (Lipinski definition) is 6. The summed E-state index contributed by atoms with van der Waals surface area (Å²) >= 11 is 0. The Morgan fingerprint density at radius 3 is 2.34 bits per heavy atom. The zero-order valence-electron chi connectivity index (χ0n) is 23.9. The molecule has 0 spiro atoms. The summed E-state index contributed by atoms with van der Waals surface area (Å²) in [6.07, 6.45) is 5.69. The van der Waals surface area contributed by atoms with Crippen molar-refractivity contribution in [3.8, 4) is 12.1 Å². The molecule has 4 bridgehead atoms. The maximum Gasteiger partial charge on any atom is 0.254 e. The molecule has 0 N–H and O–H groups in total. The second kappa shape index (κ2) is 10.6. The van der Waals surface area contributed by atoms with Crippen molar-refractivity contribution in [1.82, 2.24) is 14.7 Å². The van der Waals surface area contributed by atoms with Crippen LogP contribution in [-0.2, 0) is 6.54 Å². The molecule has 1 amide bonds. The summed E-state index contributed by atoms with van der Waals surface area (Å²) in [6, 6.07) is 17.8. The first-order chi connectivity index (χ1) is 19.8. The lowest BCUT2D eigenvalue weighted by Gasteiger charge is -2.57. The summed E-state index contributed by atoms with van der Waals surface area (Å²) in [4.78, 5) is 23.1. The molecule has 6 saturated heterocycles. The Kier molecular flexibility index (Phi) is 6.93. The minimum atomic E-state index is 0.112. The van der Waals surface area contributed by atoms with E-state index in [0.717, 1.165) is 54.1 Å². The molecule has 4 unspecified atom stereocenters. The summed E-state index contributed by atoms with van der Waals surface area (Å²) in [7, 11) is 0. The van der Waals surface area contributed by atoms with Crippen LogP contribution in [0.4, 0.5) is 5.69 Å². The van der Waals surface area contributed by atoms with Gasteiger partial charge in [0.2, 0.25) is 0 Å². The average Bonchev–Trinajstić information content (AvgIpc) is 2.98. The third-order valence-electron chi connectivity index (χ3n) is 9.46. The fourth-order valence-corrected chi connectivity index (χ4v) is 7.32. The number of piperidine rings is 2. The van der Waals surface area contributed by atoms with Gasteiger partial charge in [0.05, 0.1) is 34.6 Å². The standard InChI is InChI=1S/C34H36N6O/c1-5-8-32(24(4)15-35)37-20-29-14-30(21-37)40(29)34(41)31-12-26(22(2)11-23(31)3)17-39-27-13-28(39)19-38(18-27)33-10-7-6-9-25(33)16-36/h5-12,27-30H,1,4,13-14,17-21H2,2-3H3/b32-8+. The maximum absolute atomic E-state index is 13.9. The molecule has 6 heterocycles. The number of benzene rings is 2. The fraction of sp³-hybridized carbons (Fsp3) is 0.382. The number of fused-ring (bicyclic) bond motifs is 4. The molecule has 6 fully saturated rings. The van der Waals surface area contributed by atoms with Gasteiger partial charge in [0.1, 0.15) is 12.1 Å². The number of nitriles is 2. The number of aryl methyl sites for hydroxylation is 2. The third-order valence-corrected chi connectivity index (χ3v) is 9.46. The van der Waals surface area contributed by atoms with Gasteiger partial charge in [0.25, 0.3) is 5.91 Å². The van der Waals surface area contributed by atoms with Gasteiger partial charge in [-0.2, -0.15) is 10.5 Å². The Bertz CT molecular complexity index is 1520. The summed E-state index contributed by atoms with van der Waals surface area (Å²) in [5.41, 5.74) is 7.25. The van der Waals surface area contributed by atoms with Gasteiger partial charge in [-0.15, -0.1) is 0 Å².